The Morgan fingerprint density at radius 2 is 1.77 bits per heavy atom. The lowest BCUT2D eigenvalue weighted by Gasteiger charge is -2.20. The van der Waals surface area contributed by atoms with Gasteiger partial charge in [0.25, 0.3) is 0 Å². The maximum Gasteiger partial charge on any atom is 0.127 e. The Balaban J connectivity index is 1.60. The van der Waals surface area contributed by atoms with Crippen molar-refractivity contribution in [3.63, 3.8) is 0 Å². The zero-order chi connectivity index (χ0) is 21.6. The molecule has 0 aromatic heterocycles. The van der Waals surface area contributed by atoms with Crippen molar-refractivity contribution in [1.82, 2.24) is 0 Å². The van der Waals surface area contributed by atoms with Crippen LogP contribution in [0.15, 0.2) is 96.3 Å². The summed E-state index contributed by atoms with van der Waals surface area (Å²) in [4.78, 5) is 0. The number of benzene rings is 2. The molecule has 2 nitrogen and oxygen atoms in total. The van der Waals surface area contributed by atoms with Crippen molar-refractivity contribution in [1.29, 1.82) is 0 Å². The van der Waals surface area contributed by atoms with E-state index >= 15 is 0 Å². The maximum atomic E-state index is 6.09. The van der Waals surface area contributed by atoms with Crippen molar-refractivity contribution in [3.8, 4) is 11.5 Å². The fourth-order valence-electron chi connectivity index (χ4n) is 3.49. The number of hydrogen-bond acceptors (Lipinski definition) is 2. The van der Waals surface area contributed by atoms with Crippen molar-refractivity contribution < 1.29 is 4.74 Å². The van der Waals surface area contributed by atoms with Gasteiger partial charge in [0.2, 0.25) is 0 Å². The van der Waals surface area contributed by atoms with Crippen molar-refractivity contribution in [2.75, 3.05) is 5.32 Å². The monoisotopic (exact) mass is 399 g/mol. The van der Waals surface area contributed by atoms with E-state index in [1.807, 2.05) is 30.3 Å². The number of allylic oxidation sites excluding steroid dienone is 7. The predicted molar refractivity (Wildman–Crippen MR) is 129 cm³/mol. The van der Waals surface area contributed by atoms with Gasteiger partial charge >= 0.3 is 0 Å². The molecule has 0 bridgehead atoms. The molecule has 0 atom stereocenters. The van der Waals surface area contributed by atoms with Gasteiger partial charge < -0.3 is 10.1 Å². The second-order valence-electron chi connectivity index (χ2n) is 9.21. The molecule has 156 valence electrons. The predicted octanol–water partition coefficient (Wildman–Crippen LogP) is 8.22. The van der Waals surface area contributed by atoms with Crippen LogP contribution in [0.4, 0.5) is 5.69 Å². The summed E-state index contributed by atoms with van der Waals surface area (Å²) >= 11 is 0. The highest BCUT2D eigenvalue weighted by Crippen LogP contribution is 2.27. The Hall–Kier alpha value is -3.00. The van der Waals surface area contributed by atoms with Crippen molar-refractivity contribution in [3.05, 3.63) is 102 Å². The third-order valence-electron chi connectivity index (χ3n) is 4.84. The van der Waals surface area contributed by atoms with Gasteiger partial charge in [-0.1, -0.05) is 69.4 Å². The van der Waals surface area contributed by atoms with E-state index in [0.717, 1.165) is 42.1 Å². The first kappa shape index (κ1) is 21.7. The summed E-state index contributed by atoms with van der Waals surface area (Å²) in [7, 11) is 0. The Morgan fingerprint density at radius 3 is 2.50 bits per heavy atom. The van der Waals surface area contributed by atoms with Gasteiger partial charge in [-0.15, -0.1) is 0 Å². The van der Waals surface area contributed by atoms with Crippen LogP contribution in [0.2, 0.25) is 0 Å². The van der Waals surface area contributed by atoms with Gasteiger partial charge in [0.15, 0.2) is 0 Å². The molecule has 0 radical (unpaired) electrons. The molecule has 0 fully saturated rings. The molecule has 0 unspecified atom stereocenters. The molecule has 30 heavy (non-hydrogen) atoms. The van der Waals surface area contributed by atoms with E-state index in [-0.39, 0.29) is 5.41 Å². The highest BCUT2D eigenvalue weighted by atomic mass is 16.5. The normalized spacial score (nSPS) is 13.9. The van der Waals surface area contributed by atoms with Crippen LogP contribution >= 0.6 is 0 Å². The largest absolute Gasteiger partial charge is 0.457 e. The molecule has 0 aliphatic heterocycles. The van der Waals surface area contributed by atoms with Crippen molar-refractivity contribution >= 4 is 5.69 Å². The van der Waals surface area contributed by atoms with Crippen LogP contribution in [-0.4, -0.2) is 0 Å². The van der Waals surface area contributed by atoms with Gasteiger partial charge in [-0.05, 0) is 79.1 Å². The highest BCUT2D eigenvalue weighted by Gasteiger charge is 2.12. The minimum atomic E-state index is 0.218. The summed E-state index contributed by atoms with van der Waals surface area (Å²) in [6, 6.07) is 16.4. The van der Waals surface area contributed by atoms with E-state index in [1.165, 1.54) is 16.7 Å². The average molecular weight is 400 g/mol. The zero-order valence-corrected chi connectivity index (χ0v) is 18.7. The Bertz CT molecular complexity index is 968. The Labute approximate surface area is 181 Å². The third-order valence-corrected chi connectivity index (χ3v) is 4.84. The van der Waals surface area contributed by atoms with E-state index in [1.54, 1.807) is 0 Å². The molecule has 0 saturated carbocycles. The smallest absolute Gasteiger partial charge is 0.127 e. The summed E-state index contributed by atoms with van der Waals surface area (Å²) in [5.41, 5.74) is 6.18. The van der Waals surface area contributed by atoms with Gasteiger partial charge in [-0.3, -0.25) is 0 Å². The molecular weight excluding hydrogens is 366 g/mol. The molecule has 1 N–H and O–H groups in total. The number of hydrogen-bond donors (Lipinski definition) is 1. The second kappa shape index (κ2) is 9.67. The van der Waals surface area contributed by atoms with E-state index in [9.17, 15) is 0 Å². The molecule has 3 rings (SSSR count). The second-order valence-corrected chi connectivity index (χ2v) is 9.21. The minimum Gasteiger partial charge on any atom is -0.457 e. The molecule has 0 saturated heterocycles. The molecule has 1 aliphatic carbocycles. The van der Waals surface area contributed by atoms with Crippen LogP contribution in [0.5, 0.6) is 11.5 Å². The van der Waals surface area contributed by atoms with Crippen molar-refractivity contribution in [2.45, 2.75) is 47.0 Å². The number of anilines is 1. The topological polar surface area (TPSA) is 21.3 Å². The van der Waals surface area contributed by atoms with E-state index < -0.39 is 0 Å². The quantitative estimate of drug-likeness (QED) is 0.506. The maximum absolute atomic E-state index is 6.09. The van der Waals surface area contributed by atoms with Crippen LogP contribution in [-0.2, 0) is 6.42 Å². The summed E-state index contributed by atoms with van der Waals surface area (Å²) in [5, 5.41) is 3.39. The van der Waals surface area contributed by atoms with Gasteiger partial charge in [-0.25, -0.2) is 0 Å². The molecule has 2 heteroatoms. The minimum absolute atomic E-state index is 0.218. The number of rotatable bonds is 7. The van der Waals surface area contributed by atoms with E-state index in [2.05, 4.69) is 82.1 Å². The fraction of sp³-hybridized carbons (Fsp3) is 0.286. The summed E-state index contributed by atoms with van der Waals surface area (Å²) < 4.78 is 6.09. The lowest BCUT2D eigenvalue weighted by molar-refractivity contribution is 0.411. The first-order valence-electron chi connectivity index (χ1n) is 10.6. The fourth-order valence-corrected chi connectivity index (χ4v) is 3.49. The lowest BCUT2D eigenvalue weighted by atomic mass is 9.91. The van der Waals surface area contributed by atoms with Crippen LogP contribution in [0, 0.1) is 5.41 Å². The standard InChI is InChI=1S/C28H33NO/c1-21-8-6-9-23(13-12-21)18-24-10-7-11-27(19-24)30-26-16-14-25(15-17-26)29-22(2)20-28(3,4)5/h7-17,19,29H,2,6,18,20H2,1,3-5H3. The molecule has 2 aromatic carbocycles. The van der Waals surface area contributed by atoms with E-state index in [0.29, 0.717) is 0 Å². The lowest BCUT2D eigenvalue weighted by Crippen LogP contribution is -2.10. The SMILES string of the molecule is C=C(CC(C)(C)C)Nc1ccc(Oc2cccc(CC3=CCC=C(C)C=C3)c2)cc1. The van der Waals surface area contributed by atoms with Crippen LogP contribution in [0.3, 0.4) is 0 Å². The highest BCUT2D eigenvalue weighted by molar-refractivity contribution is 5.51. The average Bonchev–Trinajstić information content (AvgIpc) is 2.86. The summed E-state index contributed by atoms with van der Waals surface area (Å²) in [5.74, 6) is 1.69. The molecule has 0 amide bonds. The van der Waals surface area contributed by atoms with Gasteiger partial charge in [0.05, 0.1) is 0 Å². The molecular formula is C28H33NO. The number of nitrogens with one attached hydrogen (secondary N) is 1. The molecule has 0 heterocycles. The first-order chi connectivity index (χ1) is 14.3. The third kappa shape index (κ3) is 7.11. The molecule has 2 aromatic rings. The van der Waals surface area contributed by atoms with Crippen LogP contribution < -0.4 is 10.1 Å². The van der Waals surface area contributed by atoms with Gasteiger partial charge in [-0.2, -0.15) is 0 Å². The zero-order valence-electron chi connectivity index (χ0n) is 18.7. The molecule has 0 spiro atoms. The van der Waals surface area contributed by atoms with Crippen molar-refractivity contribution in [2.24, 2.45) is 5.41 Å². The summed E-state index contributed by atoms with van der Waals surface area (Å²) in [6.07, 6.45) is 11.8. The first-order valence-corrected chi connectivity index (χ1v) is 10.6. The summed E-state index contributed by atoms with van der Waals surface area (Å²) in [6.45, 7) is 12.9. The number of ether oxygens (including phenoxy) is 1. The van der Waals surface area contributed by atoms with Gasteiger partial charge in [0, 0.05) is 11.4 Å². The van der Waals surface area contributed by atoms with Crippen LogP contribution in [0.1, 0.15) is 46.1 Å². The van der Waals surface area contributed by atoms with Crippen LogP contribution in [0.25, 0.3) is 0 Å². The Kier molecular flexibility index (Phi) is 6.99. The molecule has 1 aliphatic rings. The van der Waals surface area contributed by atoms with Gasteiger partial charge in [0.1, 0.15) is 11.5 Å². The van der Waals surface area contributed by atoms with E-state index in [4.69, 9.17) is 4.74 Å². The Morgan fingerprint density at radius 1 is 1.00 bits per heavy atom.